The largest absolute Gasteiger partial charge is 0.365 e. The maximum absolute atomic E-state index is 12.3. The van der Waals surface area contributed by atoms with E-state index in [0.717, 1.165) is 10.7 Å². The van der Waals surface area contributed by atoms with Crippen LogP contribution in [0.25, 0.3) is 0 Å². The van der Waals surface area contributed by atoms with Gasteiger partial charge in [-0.15, -0.1) is 0 Å². The van der Waals surface area contributed by atoms with Crippen LogP contribution in [-0.4, -0.2) is 29.0 Å². The van der Waals surface area contributed by atoms with E-state index < -0.39 is 0 Å². The summed E-state index contributed by atoms with van der Waals surface area (Å²) in [6, 6.07) is 9.21. The van der Waals surface area contributed by atoms with Crippen molar-refractivity contribution < 1.29 is 14.3 Å². The van der Waals surface area contributed by atoms with Crippen molar-refractivity contribution >= 4 is 17.5 Å². The number of para-hydroxylation sites is 1. The number of imide groups is 1. The summed E-state index contributed by atoms with van der Waals surface area (Å²) in [6.45, 7) is 0. The molecule has 4 atom stereocenters. The summed E-state index contributed by atoms with van der Waals surface area (Å²) < 4.78 is 5.57. The van der Waals surface area contributed by atoms with Gasteiger partial charge in [0, 0.05) is 0 Å². The Morgan fingerprint density at radius 3 is 2.11 bits per heavy atom. The lowest BCUT2D eigenvalue weighted by atomic mass is 9.85. The van der Waals surface area contributed by atoms with Crippen molar-refractivity contribution in [3.05, 3.63) is 42.5 Å². The minimum Gasteiger partial charge on any atom is -0.365 e. The number of fused-ring (bicyclic) bond motifs is 5. The number of carbonyl (C=O) groups is 2. The smallest absolute Gasteiger partial charge is 0.255 e. The van der Waals surface area contributed by atoms with E-state index in [1.165, 1.54) is 0 Å². The zero-order chi connectivity index (χ0) is 13.0. The predicted octanol–water partition coefficient (Wildman–Crippen LogP) is 0.952. The number of nitrogens with zero attached hydrogens (tertiary/aromatic N) is 1. The quantitative estimate of drug-likeness (QED) is 0.632. The van der Waals surface area contributed by atoms with Crippen molar-refractivity contribution in [2.24, 2.45) is 11.8 Å². The molecule has 2 bridgehead atoms. The van der Waals surface area contributed by atoms with Crippen LogP contribution in [0.5, 0.6) is 0 Å². The first-order valence-corrected chi connectivity index (χ1v) is 6.29. The topological polar surface area (TPSA) is 58.6 Å². The first-order chi connectivity index (χ1) is 9.25. The average molecular weight is 256 g/mol. The summed E-state index contributed by atoms with van der Waals surface area (Å²) in [5, 5.41) is 1.14. The normalized spacial score (nSPS) is 35.1. The van der Waals surface area contributed by atoms with Gasteiger partial charge < -0.3 is 4.74 Å². The summed E-state index contributed by atoms with van der Waals surface area (Å²) >= 11 is 0. The van der Waals surface area contributed by atoms with E-state index in [2.05, 4.69) is 5.43 Å². The number of nitrogens with one attached hydrogen (secondary N) is 1. The number of anilines is 1. The van der Waals surface area contributed by atoms with Gasteiger partial charge in [-0.1, -0.05) is 30.4 Å². The maximum Gasteiger partial charge on any atom is 0.255 e. The van der Waals surface area contributed by atoms with Crippen molar-refractivity contribution in [3.8, 4) is 0 Å². The SMILES string of the molecule is O=C1[C@@H]2[C@@H](C(=O)N1Nc1ccccc1)[C@@H]1C=C[C@@H]2O1. The first-order valence-electron chi connectivity index (χ1n) is 6.29. The summed E-state index contributed by atoms with van der Waals surface area (Å²) in [5.41, 5.74) is 3.62. The standard InChI is InChI=1S/C14H12N2O3/c17-13-11-9-6-7-10(19-9)12(11)14(18)16(13)15-8-4-2-1-3-5-8/h1-7,9-12,15H/t9-,10-,11-,12-/m0/s1. The molecule has 0 radical (unpaired) electrons. The molecule has 2 fully saturated rings. The molecule has 2 amide bonds. The molecule has 0 aliphatic carbocycles. The van der Waals surface area contributed by atoms with Gasteiger partial charge in [0.2, 0.25) is 0 Å². The Hall–Kier alpha value is -2.14. The van der Waals surface area contributed by atoms with Crippen LogP contribution in [0.4, 0.5) is 5.69 Å². The van der Waals surface area contributed by atoms with E-state index in [-0.39, 0.29) is 35.9 Å². The number of benzene rings is 1. The highest BCUT2D eigenvalue weighted by atomic mass is 16.5. The lowest BCUT2D eigenvalue weighted by molar-refractivity contribution is -0.140. The lowest BCUT2D eigenvalue weighted by Crippen LogP contribution is -2.38. The Morgan fingerprint density at radius 1 is 0.947 bits per heavy atom. The molecular weight excluding hydrogens is 244 g/mol. The minimum atomic E-state index is -0.362. The van der Waals surface area contributed by atoms with Crippen molar-refractivity contribution in [2.45, 2.75) is 12.2 Å². The van der Waals surface area contributed by atoms with Crippen LogP contribution in [0.2, 0.25) is 0 Å². The Kier molecular flexibility index (Phi) is 2.08. The fourth-order valence-electron chi connectivity index (χ4n) is 3.06. The molecule has 0 unspecified atom stereocenters. The average Bonchev–Trinajstić information content (AvgIpc) is 3.10. The van der Waals surface area contributed by atoms with Crippen LogP contribution >= 0.6 is 0 Å². The molecule has 1 N–H and O–H groups in total. The van der Waals surface area contributed by atoms with Crippen LogP contribution in [0.15, 0.2) is 42.5 Å². The number of hydrogen-bond donors (Lipinski definition) is 1. The van der Waals surface area contributed by atoms with Gasteiger partial charge in [-0.2, -0.15) is 5.01 Å². The van der Waals surface area contributed by atoms with E-state index in [1.54, 1.807) is 0 Å². The van der Waals surface area contributed by atoms with Gasteiger partial charge in [0.15, 0.2) is 0 Å². The summed E-state index contributed by atoms with van der Waals surface area (Å²) in [7, 11) is 0. The molecule has 4 rings (SSSR count). The molecule has 96 valence electrons. The minimum absolute atomic E-state index is 0.198. The zero-order valence-corrected chi connectivity index (χ0v) is 10.0. The number of hydrogen-bond acceptors (Lipinski definition) is 4. The molecular formula is C14H12N2O3. The van der Waals surface area contributed by atoms with Crippen LogP contribution in [0, 0.1) is 11.8 Å². The third-order valence-electron chi connectivity index (χ3n) is 3.93. The predicted molar refractivity (Wildman–Crippen MR) is 66.7 cm³/mol. The van der Waals surface area contributed by atoms with Crippen LogP contribution in [0.3, 0.4) is 0 Å². The Morgan fingerprint density at radius 2 is 1.53 bits per heavy atom. The number of rotatable bonds is 2. The monoisotopic (exact) mass is 256 g/mol. The fraction of sp³-hybridized carbons (Fsp3) is 0.286. The lowest BCUT2D eigenvalue weighted by Gasteiger charge is -2.19. The van der Waals surface area contributed by atoms with Crippen molar-refractivity contribution in [2.75, 3.05) is 5.43 Å². The summed E-state index contributed by atoms with van der Waals surface area (Å²) in [5.74, 6) is -1.12. The van der Waals surface area contributed by atoms with Gasteiger partial charge in [0.05, 0.1) is 29.7 Å². The highest BCUT2D eigenvalue weighted by Gasteiger charge is 2.61. The second kappa shape index (κ2) is 3.68. The highest BCUT2D eigenvalue weighted by molar-refractivity contribution is 6.07. The van der Waals surface area contributed by atoms with Crippen molar-refractivity contribution in [1.29, 1.82) is 0 Å². The zero-order valence-electron chi connectivity index (χ0n) is 10.0. The second-order valence-electron chi connectivity index (χ2n) is 4.99. The van der Waals surface area contributed by atoms with Crippen LogP contribution in [-0.2, 0) is 14.3 Å². The maximum atomic E-state index is 12.3. The molecule has 1 aromatic carbocycles. The van der Waals surface area contributed by atoms with Crippen LogP contribution in [0.1, 0.15) is 0 Å². The van der Waals surface area contributed by atoms with E-state index in [0.29, 0.717) is 0 Å². The molecule has 3 heterocycles. The van der Waals surface area contributed by atoms with Crippen molar-refractivity contribution in [1.82, 2.24) is 5.01 Å². The van der Waals surface area contributed by atoms with Gasteiger partial charge in [0.25, 0.3) is 11.8 Å². The Labute approximate surface area is 109 Å². The highest BCUT2D eigenvalue weighted by Crippen LogP contribution is 2.44. The van der Waals surface area contributed by atoms with E-state index in [1.807, 2.05) is 42.5 Å². The number of hydrazine groups is 1. The molecule has 1 aromatic rings. The summed E-state index contributed by atoms with van der Waals surface area (Å²) in [4.78, 5) is 24.6. The Balaban J connectivity index is 1.62. The van der Waals surface area contributed by atoms with Crippen LogP contribution < -0.4 is 5.43 Å². The molecule has 2 saturated heterocycles. The van der Waals surface area contributed by atoms with Crippen molar-refractivity contribution in [3.63, 3.8) is 0 Å². The number of ether oxygens (including phenoxy) is 1. The van der Waals surface area contributed by atoms with Gasteiger partial charge in [-0.3, -0.25) is 15.0 Å². The summed E-state index contributed by atoms with van der Waals surface area (Å²) in [6.07, 6.45) is 3.27. The third kappa shape index (κ3) is 1.39. The molecule has 19 heavy (non-hydrogen) atoms. The van der Waals surface area contributed by atoms with Gasteiger partial charge >= 0.3 is 0 Å². The van der Waals surface area contributed by atoms with Gasteiger partial charge in [-0.05, 0) is 12.1 Å². The number of carbonyl (C=O) groups excluding carboxylic acids is 2. The Bertz CT molecular complexity index is 554. The second-order valence-corrected chi connectivity index (χ2v) is 4.99. The fourth-order valence-corrected chi connectivity index (χ4v) is 3.06. The van der Waals surface area contributed by atoms with E-state index in [9.17, 15) is 9.59 Å². The van der Waals surface area contributed by atoms with E-state index in [4.69, 9.17) is 4.74 Å². The third-order valence-corrected chi connectivity index (χ3v) is 3.93. The number of amides is 2. The molecule has 3 aliphatic rings. The molecule has 0 aromatic heterocycles. The van der Waals surface area contributed by atoms with Gasteiger partial charge in [-0.25, -0.2) is 0 Å². The molecule has 5 nitrogen and oxygen atoms in total. The molecule has 0 spiro atoms. The molecule has 3 aliphatic heterocycles. The van der Waals surface area contributed by atoms with Gasteiger partial charge in [0.1, 0.15) is 0 Å². The van der Waals surface area contributed by atoms with E-state index >= 15 is 0 Å². The molecule has 0 saturated carbocycles. The molecule has 5 heteroatoms. The first kappa shape index (κ1) is 10.8.